The first-order valence-corrected chi connectivity index (χ1v) is 7.17. The van der Waals surface area contributed by atoms with Crippen molar-refractivity contribution < 1.29 is 4.79 Å². The Labute approximate surface area is 128 Å². The van der Waals surface area contributed by atoms with Gasteiger partial charge in [-0.25, -0.2) is 9.97 Å². The summed E-state index contributed by atoms with van der Waals surface area (Å²) >= 11 is 6.04. The Morgan fingerprint density at radius 3 is 2.38 bits per heavy atom. The molecule has 0 radical (unpaired) electrons. The summed E-state index contributed by atoms with van der Waals surface area (Å²) in [6.45, 7) is 3.24. The minimum atomic E-state index is 0.643. The molecule has 0 saturated carbocycles. The van der Waals surface area contributed by atoms with Crippen molar-refractivity contribution in [2.45, 2.75) is 0 Å². The fraction of sp³-hybridized carbons (Fsp3) is 0.267. The highest BCUT2D eigenvalue weighted by Crippen LogP contribution is 2.25. The number of nitrogens with zero attached hydrogens (tertiary/aromatic N) is 4. The lowest BCUT2D eigenvalue weighted by molar-refractivity contribution is 0.112. The second-order valence-corrected chi connectivity index (χ2v) is 5.28. The highest BCUT2D eigenvalue weighted by molar-refractivity contribution is 6.31. The predicted molar refractivity (Wildman–Crippen MR) is 83.3 cm³/mol. The summed E-state index contributed by atoms with van der Waals surface area (Å²) in [4.78, 5) is 24.0. The lowest BCUT2D eigenvalue weighted by atomic mass is 10.1. The van der Waals surface area contributed by atoms with Crippen LogP contribution in [-0.2, 0) is 0 Å². The molecule has 0 aliphatic carbocycles. The second kappa shape index (κ2) is 6.10. The maximum Gasteiger partial charge on any atom is 0.225 e. The predicted octanol–water partition coefficient (Wildman–Crippen LogP) is 2.27. The smallest absolute Gasteiger partial charge is 0.225 e. The Morgan fingerprint density at radius 2 is 1.71 bits per heavy atom. The van der Waals surface area contributed by atoms with Crippen molar-refractivity contribution in [1.29, 1.82) is 0 Å². The first-order valence-electron chi connectivity index (χ1n) is 6.79. The molecule has 0 bridgehead atoms. The number of carbonyl (C=O) groups excluding carboxylic acids is 1. The van der Waals surface area contributed by atoms with Crippen LogP contribution in [0.3, 0.4) is 0 Å². The van der Waals surface area contributed by atoms with Crippen molar-refractivity contribution in [2.75, 3.05) is 36.0 Å². The zero-order chi connectivity index (χ0) is 14.7. The van der Waals surface area contributed by atoms with Crippen LogP contribution in [0.5, 0.6) is 0 Å². The zero-order valence-corrected chi connectivity index (χ0v) is 12.2. The van der Waals surface area contributed by atoms with E-state index in [1.54, 1.807) is 24.5 Å². The van der Waals surface area contributed by atoms with Crippen LogP contribution in [0.1, 0.15) is 10.4 Å². The second-order valence-electron chi connectivity index (χ2n) is 4.84. The SMILES string of the molecule is O=Cc1ccc(Cl)cc1N1CCN(c2ncccn2)CC1. The van der Waals surface area contributed by atoms with E-state index in [4.69, 9.17) is 11.6 Å². The summed E-state index contributed by atoms with van der Waals surface area (Å²) in [5, 5.41) is 0.643. The van der Waals surface area contributed by atoms with Crippen LogP contribution in [0.25, 0.3) is 0 Å². The van der Waals surface area contributed by atoms with Crippen LogP contribution in [0.4, 0.5) is 11.6 Å². The van der Waals surface area contributed by atoms with Crippen molar-refractivity contribution in [2.24, 2.45) is 0 Å². The molecule has 3 rings (SSSR count). The molecule has 1 aliphatic rings. The summed E-state index contributed by atoms with van der Waals surface area (Å²) in [5.41, 5.74) is 1.56. The highest BCUT2D eigenvalue weighted by Gasteiger charge is 2.20. The van der Waals surface area contributed by atoms with Gasteiger partial charge in [0.05, 0.1) is 0 Å². The average molecular weight is 303 g/mol. The number of aromatic nitrogens is 2. The van der Waals surface area contributed by atoms with Crippen molar-refractivity contribution in [1.82, 2.24) is 9.97 Å². The van der Waals surface area contributed by atoms with Gasteiger partial charge in [-0.3, -0.25) is 4.79 Å². The molecule has 6 heteroatoms. The van der Waals surface area contributed by atoms with Crippen LogP contribution in [0, 0.1) is 0 Å². The largest absolute Gasteiger partial charge is 0.367 e. The molecule has 1 aromatic carbocycles. The highest BCUT2D eigenvalue weighted by atomic mass is 35.5. The number of halogens is 1. The minimum absolute atomic E-state index is 0.643. The fourth-order valence-electron chi connectivity index (χ4n) is 2.49. The van der Waals surface area contributed by atoms with Gasteiger partial charge in [-0.05, 0) is 24.3 Å². The normalized spacial score (nSPS) is 15.1. The Morgan fingerprint density at radius 1 is 1.05 bits per heavy atom. The van der Waals surface area contributed by atoms with Gasteiger partial charge in [0, 0.05) is 54.8 Å². The number of aldehydes is 1. The van der Waals surface area contributed by atoms with Gasteiger partial charge >= 0.3 is 0 Å². The number of anilines is 2. The molecule has 21 heavy (non-hydrogen) atoms. The number of hydrogen-bond donors (Lipinski definition) is 0. The Hall–Kier alpha value is -2.14. The molecular weight excluding hydrogens is 288 g/mol. The maximum atomic E-state index is 11.2. The first kappa shape index (κ1) is 13.8. The Balaban J connectivity index is 1.74. The maximum absolute atomic E-state index is 11.2. The van der Waals surface area contributed by atoms with Crippen LogP contribution >= 0.6 is 11.6 Å². The van der Waals surface area contributed by atoms with E-state index >= 15 is 0 Å². The lowest BCUT2D eigenvalue weighted by Crippen LogP contribution is -2.47. The van der Waals surface area contributed by atoms with Crippen LogP contribution in [-0.4, -0.2) is 42.4 Å². The van der Waals surface area contributed by atoms with E-state index in [1.807, 2.05) is 12.1 Å². The third-order valence-corrected chi connectivity index (χ3v) is 3.81. The van der Waals surface area contributed by atoms with Gasteiger partial charge in [0.15, 0.2) is 6.29 Å². The number of rotatable bonds is 3. The summed E-state index contributed by atoms with van der Waals surface area (Å²) in [6, 6.07) is 7.16. The summed E-state index contributed by atoms with van der Waals surface area (Å²) in [5.74, 6) is 0.749. The third kappa shape index (κ3) is 2.97. The van der Waals surface area contributed by atoms with Gasteiger partial charge in [0.25, 0.3) is 0 Å². The molecular formula is C15H15ClN4O. The lowest BCUT2D eigenvalue weighted by Gasteiger charge is -2.36. The number of hydrogen-bond acceptors (Lipinski definition) is 5. The van der Waals surface area contributed by atoms with Gasteiger partial charge in [0.2, 0.25) is 5.95 Å². The molecule has 0 amide bonds. The monoisotopic (exact) mass is 302 g/mol. The Bertz CT molecular complexity index is 627. The fourth-order valence-corrected chi connectivity index (χ4v) is 2.66. The van der Waals surface area contributed by atoms with Crippen molar-refractivity contribution in [3.8, 4) is 0 Å². The molecule has 5 nitrogen and oxygen atoms in total. The van der Waals surface area contributed by atoms with Crippen LogP contribution < -0.4 is 9.80 Å². The molecule has 0 atom stereocenters. The van der Waals surface area contributed by atoms with E-state index in [0.29, 0.717) is 10.6 Å². The first-order chi connectivity index (χ1) is 10.3. The standard InChI is InChI=1S/C15H15ClN4O/c16-13-3-2-12(11-21)14(10-13)19-6-8-20(9-7-19)15-17-4-1-5-18-15/h1-5,10-11H,6-9H2. The van der Waals surface area contributed by atoms with E-state index in [1.165, 1.54) is 0 Å². The number of piperazine rings is 1. The topological polar surface area (TPSA) is 49.3 Å². The van der Waals surface area contributed by atoms with Crippen molar-refractivity contribution in [3.05, 3.63) is 47.2 Å². The van der Waals surface area contributed by atoms with E-state index < -0.39 is 0 Å². The minimum Gasteiger partial charge on any atom is -0.367 e. The molecule has 0 unspecified atom stereocenters. The summed E-state index contributed by atoms with van der Waals surface area (Å²) in [7, 11) is 0. The van der Waals surface area contributed by atoms with Gasteiger partial charge in [-0.1, -0.05) is 11.6 Å². The summed E-state index contributed by atoms with van der Waals surface area (Å²) in [6.07, 6.45) is 4.37. The molecule has 2 heterocycles. The number of benzene rings is 1. The van der Waals surface area contributed by atoms with Crippen molar-refractivity contribution in [3.63, 3.8) is 0 Å². The molecule has 1 saturated heterocycles. The molecule has 108 valence electrons. The zero-order valence-electron chi connectivity index (χ0n) is 11.4. The molecule has 2 aromatic rings. The average Bonchev–Trinajstić information content (AvgIpc) is 2.56. The van der Waals surface area contributed by atoms with Gasteiger partial charge in [0.1, 0.15) is 0 Å². The van der Waals surface area contributed by atoms with Crippen LogP contribution in [0.15, 0.2) is 36.7 Å². The van der Waals surface area contributed by atoms with E-state index in [0.717, 1.165) is 44.1 Å². The molecule has 0 N–H and O–H groups in total. The molecule has 1 fully saturated rings. The van der Waals surface area contributed by atoms with Crippen LogP contribution in [0.2, 0.25) is 5.02 Å². The van der Waals surface area contributed by atoms with E-state index in [-0.39, 0.29) is 0 Å². The van der Waals surface area contributed by atoms with Gasteiger partial charge in [-0.2, -0.15) is 0 Å². The van der Waals surface area contributed by atoms with E-state index in [2.05, 4.69) is 19.8 Å². The molecule has 1 aromatic heterocycles. The van der Waals surface area contributed by atoms with Crippen molar-refractivity contribution >= 4 is 29.5 Å². The molecule has 0 spiro atoms. The van der Waals surface area contributed by atoms with Gasteiger partial charge in [-0.15, -0.1) is 0 Å². The quantitative estimate of drug-likeness (QED) is 0.814. The van der Waals surface area contributed by atoms with Gasteiger partial charge < -0.3 is 9.80 Å². The third-order valence-electron chi connectivity index (χ3n) is 3.57. The number of carbonyl (C=O) groups is 1. The summed E-state index contributed by atoms with van der Waals surface area (Å²) < 4.78 is 0. The molecule has 1 aliphatic heterocycles. The van der Waals surface area contributed by atoms with E-state index in [9.17, 15) is 4.79 Å². The Kier molecular flexibility index (Phi) is 4.01.